The first-order valence-corrected chi connectivity index (χ1v) is 15.6. The highest BCUT2D eigenvalue weighted by Gasteiger charge is 2.45. The monoisotopic (exact) mass is 592 g/mol. The van der Waals surface area contributed by atoms with Crippen LogP contribution in [0.5, 0.6) is 0 Å². The number of unbranched alkanes of at least 4 members (excludes halogenated alkanes) is 2. The summed E-state index contributed by atoms with van der Waals surface area (Å²) in [4.78, 5) is 0. The first kappa shape index (κ1) is 27.4. The Hall–Kier alpha value is -1.61. The van der Waals surface area contributed by atoms with Crippen LogP contribution in [0.2, 0.25) is 0 Å². The van der Waals surface area contributed by atoms with Crippen molar-refractivity contribution in [3.05, 3.63) is 81.4 Å². The van der Waals surface area contributed by atoms with Gasteiger partial charge in [-0.2, -0.15) is 0 Å². The third-order valence-electron chi connectivity index (χ3n) is 8.79. The third kappa shape index (κ3) is 5.77. The lowest BCUT2D eigenvalue weighted by atomic mass is 9.65. The van der Waals surface area contributed by atoms with Crippen LogP contribution in [0.1, 0.15) is 103 Å². The van der Waals surface area contributed by atoms with Gasteiger partial charge in [0.2, 0.25) is 0 Å². The highest BCUT2D eigenvalue weighted by molar-refractivity contribution is 14.1. The molecule has 4 rings (SSSR count). The summed E-state index contributed by atoms with van der Waals surface area (Å²) >= 11 is 2.54. The molecular formula is C35H45I. The van der Waals surface area contributed by atoms with E-state index in [0.717, 1.165) is 11.8 Å². The SMILES string of the molecule is CCCCC(CC)CC1(CC(CC)CCCC)c2cc(I)ccc2-c2ccc(-c3ccccc3)cc21. The topological polar surface area (TPSA) is 0 Å². The van der Waals surface area contributed by atoms with Crippen LogP contribution in [-0.2, 0) is 5.41 Å². The summed E-state index contributed by atoms with van der Waals surface area (Å²) in [6.07, 6.45) is 13.1. The summed E-state index contributed by atoms with van der Waals surface area (Å²) in [6, 6.07) is 25.6. The Balaban J connectivity index is 1.91. The molecule has 3 aromatic rings. The fourth-order valence-electron chi connectivity index (χ4n) is 6.67. The van der Waals surface area contributed by atoms with E-state index in [1.54, 1.807) is 11.1 Å². The predicted octanol–water partition coefficient (Wildman–Crippen LogP) is 11.4. The molecule has 0 heterocycles. The second kappa shape index (κ2) is 12.8. The van der Waals surface area contributed by atoms with Crippen LogP contribution in [0, 0.1) is 15.4 Å². The largest absolute Gasteiger partial charge is 0.0654 e. The van der Waals surface area contributed by atoms with E-state index in [2.05, 4.69) is 117 Å². The van der Waals surface area contributed by atoms with Crippen molar-refractivity contribution >= 4 is 22.6 Å². The molecule has 192 valence electrons. The van der Waals surface area contributed by atoms with E-state index in [0.29, 0.717) is 0 Å². The molecule has 0 nitrogen and oxygen atoms in total. The van der Waals surface area contributed by atoms with Gasteiger partial charge in [0.25, 0.3) is 0 Å². The van der Waals surface area contributed by atoms with E-state index in [1.807, 2.05) is 0 Å². The van der Waals surface area contributed by atoms with Crippen LogP contribution >= 0.6 is 22.6 Å². The van der Waals surface area contributed by atoms with Crippen molar-refractivity contribution in [3.8, 4) is 22.3 Å². The van der Waals surface area contributed by atoms with E-state index in [4.69, 9.17) is 0 Å². The lowest BCUT2D eigenvalue weighted by Gasteiger charge is -2.39. The highest BCUT2D eigenvalue weighted by atomic mass is 127. The van der Waals surface area contributed by atoms with E-state index >= 15 is 0 Å². The predicted molar refractivity (Wildman–Crippen MR) is 167 cm³/mol. The molecule has 0 aromatic heterocycles. The molecule has 0 saturated carbocycles. The zero-order chi connectivity index (χ0) is 25.5. The summed E-state index contributed by atoms with van der Waals surface area (Å²) in [5.41, 5.74) is 8.99. The molecule has 0 amide bonds. The zero-order valence-electron chi connectivity index (χ0n) is 23.0. The summed E-state index contributed by atoms with van der Waals surface area (Å²) in [5.74, 6) is 1.54. The molecule has 36 heavy (non-hydrogen) atoms. The number of fused-ring (bicyclic) bond motifs is 3. The molecule has 1 aliphatic rings. The number of benzene rings is 3. The van der Waals surface area contributed by atoms with E-state index in [-0.39, 0.29) is 5.41 Å². The Morgan fingerprint density at radius 1 is 0.639 bits per heavy atom. The molecular weight excluding hydrogens is 547 g/mol. The average Bonchev–Trinajstić information content (AvgIpc) is 3.17. The maximum Gasteiger partial charge on any atom is 0.0221 e. The van der Waals surface area contributed by atoms with Gasteiger partial charge >= 0.3 is 0 Å². The molecule has 1 heteroatoms. The Morgan fingerprint density at radius 2 is 1.19 bits per heavy atom. The van der Waals surface area contributed by atoms with E-state index in [1.165, 1.54) is 90.0 Å². The van der Waals surface area contributed by atoms with Crippen molar-refractivity contribution in [1.29, 1.82) is 0 Å². The van der Waals surface area contributed by atoms with Gasteiger partial charge in [0.05, 0.1) is 0 Å². The second-order valence-corrected chi connectivity index (χ2v) is 12.4. The summed E-state index contributed by atoms with van der Waals surface area (Å²) in [7, 11) is 0. The van der Waals surface area contributed by atoms with E-state index in [9.17, 15) is 0 Å². The normalized spacial score (nSPS) is 18.0. The Morgan fingerprint density at radius 3 is 1.75 bits per heavy atom. The van der Waals surface area contributed by atoms with Crippen LogP contribution in [-0.4, -0.2) is 0 Å². The number of hydrogen-bond acceptors (Lipinski definition) is 0. The van der Waals surface area contributed by atoms with Gasteiger partial charge in [0.1, 0.15) is 0 Å². The molecule has 3 aromatic carbocycles. The maximum absolute atomic E-state index is 2.58. The fraction of sp³-hybridized carbons (Fsp3) is 0.486. The molecule has 0 saturated heterocycles. The lowest BCUT2D eigenvalue weighted by molar-refractivity contribution is 0.266. The van der Waals surface area contributed by atoms with Crippen molar-refractivity contribution in [2.24, 2.45) is 11.8 Å². The van der Waals surface area contributed by atoms with Gasteiger partial charge in [-0.25, -0.2) is 0 Å². The first-order valence-electron chi connectivity index (χ1n) is 14.6. The minimum absolute atomic E-state index is 0.111. The number of rotatable bonds is 13. The molecule has 0 N–H and O–H groups in total. The molecule has 0 spiro atoms. The van der Waals surface area contributed by atoms with Crippen molar-refractivity contribution in [2.45, 2.75) is 97.3 Å². The number of halogens is 1. The Bertz CT molecular complexity index is 1090. The highest BCUT2D eigenvalue weighted by Crippen LogP contribution is 2.57. The van der Waals surface area contributed by atoms with Crippen molar-refractivity contribution in [2.75, 3.05) is 0 Å². The number of hydrogen-bond donors (Lipinski definition) is 0. The smallest absolute Gasteiger partial charge is 0.0221 e. The maximum atomic E-state index is 2.58. The molecule has 2 atom stereocenters. The fourth-order valence-corrected chi connectivity index (χ4v) is 7.16. The average molecular weight is 593 g/mol. The van der Waals surface area contributed by atoms with Gasteiger partial charge in [0, 0.05) is 8.99 Å². The van der Waals surface area contributed by atoms with Gasteiger partial charge in [-0.15, -0.1) is 0 Å². The summed E-state index contributed by atoms with van der Waals surface area (Å²) in [6.45, 7) is 9.53. The van der Waals surface area contributed by atoms with Crippen molar-refractivity contribution in [1.82, 2.24) is 0 Å². The Labute approximate surface area is 234 Å². The minimum Gasteiger partial charge on any atom is -0.0654 e. The van der Waals surface area contributed by atoms with Crippen LogP contribution < -0.4 is 0 Å². The summed E-state index contributed by atoms with van der Waals surface area (Å²) in [5, 5.41) is 0. The van der Waals surface area contributed by atoms with Crippen LogP contribution in [0.3, 0.4) is 0 Å². The van der Waals surface area contributed by atoms with Crippen molar-refractivity contribution in [3.63, 3.8) is 0 Å². The Kier molecular flexibility index (Phi) is 9.72. The third-order valence-corrected chi connectivity index (χ3v) is 9.46. The molecule has 1 aliphatic carbocycles. The quantitative estimate of drug-likeness (QED) is 0.173. The van der Waals surface area contributed by atoms with Gasteiger partial charge in [-0.1, -0.05) is 128 Å². The van der Waals surface area contributed by atoms with Crippen LogP contribution in [0.4, 0.5) is 0 Å². The molecule has 0 aliphatic heterocycles. The van der Waals surface area contributed by atoms with Gasteiger partial charge in [-0.05, 0) is 98.8 Å². The van der Waals surface area contributed by atoms with E-state index < -0.39 is 0 Å². The minimum atomic E-state index is 0.111. The molecule has 0 radical (unpaired) electrons. The first-order chi connectivity index (χ1) is 17.6. The summed E-state index contributed by atoms with van der Waals surface area (Å²) < 4.78 is 1.37. The lowest BCUT2D eigenvalue weighted by Crippen LogP contribution is -2.31. The second-order valence-electron chi connectivity index (χ2n) is 11.1. The standard InChI is InChI=1S/C35H45I/c1-5-9-14-26(7-3)24-35(25-27(8-4)15-10-6-2)33-22-29(28-16-12-11-13-17-28)18-20-31(33)32-21-19-30(36)23-34(32)35/h11-13,16-23,26-27H,5-10,14-15,24-25H2,1-4H3. The molecule has 2 unspecified atom stereocenters. The van der Waals surface area contributed by atoms with Crippen LogP contribution in [0.15, 0.2) is 66.7 Å². The molecule has 0 bridgehead atoms. The van der Waals surface area contributed by atoms with Gasteiger partial charge < -0.3 is 0 Å². The van der Waals surface area contributed by atoms with Crippen molar-refractivity contribution < 1.29 is 0 Å². The van der Waals surface area contributed by atoms with Gasteiger partial charge in [-0.3, -0.25) is 0 Å². The van der Waals surface area contributed by atoms with Crippen LogP contribution in [0.25, 0.3) is 22.3 Å². The molecule has 0 fully saturated rings. The van der Waals surface area contributed by atoms with Gasteiger partial charge in [0.15, 0.2) is 0 Å². The zero-order valence-corrected chi connectivity index (χ0v) is 25.1.